The summed E-state index contributed by atoms with van der Waals surface area (Å²) in [6.45, 7) is 0.353. The SMILES string of the molecule is O=c1c2ccccc2nc(C2CCCCC2)n1N=Cc1ccc(OCc2ccc(Cl)c(Cl)c2)c(Br)c1. The Hall–Kier alpha value is -2.67. The van der Waals surface area contributed by atoms with Gasteiger partial charge >= 0.3 is 0 Å². The summed E-state index contributed by atoms with van der Waals surface area (Å²) in [5.74, 6) is 1.66. The van der Waals surface area contributed by atoms with Crippen molar-refractivity contribution in [2.45, 2.75) is 44.6 Å². The summed E-state index contributed by atoms with van der Waals surface area (Å²) in [4.78, 5) is 18.2. The number of para-hydroxylation sites is 1. The van der Waals surface area contributed by atoms with Crippen molar-refractivity contribution < 1.29 is 4.74 Å². The Bertz CT molecular complexity index is 1500. The first-order valence-electron chi connectivity index (χ1n) is 11.9. The molecule has 8 heteroatoms. The quantitative estimate of drug-likeness (QED) is 0.216. The van der Waals surface area contributed by atoms with Crippen LogP contribution in [0.25, 0.3) is 10.9 Å². The Morgan fingerprint density at radius 2 is 1.83 bits per heavy atom. The molecule has 3 aromatic carbocycles. The van der Waals surface area contributed by atoms with Gasteiger partial charge in [-0.05, 0) is 82.4 Å². The lowest BCUT2D eigenvalue weighted by Gasteiger charge is -2.22. The number of nitrogens with zero attached hydrogens (tertiary/aromatic N) is 3. The van der Waals surface area contributed by atoms with Gasteiger partial charge in [0.05, 0.1) is 31.6 Å². The molecule has 1 heterocycles. The van der Waals surface area contributed by atoms with Gasteiger partial charge < -0.3 is 4.74 Å². The van der Waals surface area contributed by atoms with E-state index in [0.29, 0.717) is 27.8 Å². The standard InChI is InChI=1S/C28H24BrCl2N3O2/c29-22-14-18(11-13-26(22)36-17-19-10-12-23(30)24(31)15-19)16-32-34-27(20-6-2-1-3-7-20)33-25-9-5-4-8-21(25)28(34)35/h4-5,8-16,20H,1-3,6-7,17H2. The summed E-state index contributed by atoms with van der Waals surface area (Å²) in [7, 11) is 0. The van der Waals surface area contributed by atoms with Crippen molar-refractivity contribution in [3.63, 3.8) is 0 Å². The van der Waals surface area contributed by atoms with E-state index in [0.717, 1.165) is 52.6 Å². The zero-order valence-electron chi connectivity index (χ0n) is 19.5. The first-order chi connectivity index (χ1) is 17.5. The van der Waals surface area contributed by atoms with Crippen LogP contribution in [-0.4, -0.2) is 15.9 Å². The summed E-state index contributed by atoms with van der Waals surface area (Å²) in [5, 5.41) is 6.19. The molecule has 0 saturated heterocycles. The zero-order chi connectivity index (χ0) is 25.1. The van der Waals surface area contributed by atoms with Crippen LogP contribution in [-0.2, 0) is 6.61 Å². The Morgan fingerprint density at radius 3 is 2.61 bits per heavy atom. The Kier molecular flexibility index (Phi) is 7.75. The van der Waals surface area contributed by atoms with Crippen molar-refractivity contribution >= 4 is 56.2 Å². The minimum Gasteiger partial charge on any atom is -0.488 e. The first-order valence-corrected chi connectivity index (χ1v) is 13.5. The summed E-state index contributed by atoms with van der Waals surface area (Å²) in [6, 6.07) is 18.6. The second-order valence-corrected chi connectivity index (χ2v) is 10.6. The fourth-order valence-electron chi connectivity index (χ4n) is 4.51. The van der Waals surface area contributed by atoms with Crippen LogP contribution in [0.4, 0.5) is 0 Å². The van der Waals surface area contributed by atoms with Crippen molar-refractivity contribution in [1.82, 2.24) is 9.66 Å². The highest BCUT2D eigenvalue weighted by Gasteiger charge is 2.22. The molecule has 5 rings (SSSR count). The van der Waals surface area contributed by atoms with E-state index in [2.05, 4.69) is 21.0 Å². The van der Waals surface area contributed by atoms with Crippen molar-refractivity contribution in [2.24, 2.45) is 5.10 Å². The highest BCUT2D eigenvalue weighted by Crippen LogP contribution is 2.32. The Morgan fingerprint density at radius 1 is 1.03 bits per heavy atom. The molecule has 4 aromatic rings. The minimum atomic E-state index is -0.141. The van der Waals surface area contributed by atoms with Gasteiger partial charge in [0, 0.05) is 5.92 Å². The first kappa shape index (κ1) is 25.0. The third-order valence-electron chi connectivity index (χ3n) is 6.41. The van der Waals surface area contributed by atoms with E-state index in [1.54, 1.807) is 24.4 Å². The molecule has 1 aliphatic carbocycles. The lowest BCUT2D eigenvalue weighted by atomic mass is 9.88. The monoisotopic (exact) mass is 583 g/mol. The van der Waals surface area contributed by atoms with E-state index >= 15 is 0 Å². The lowest BCUT2D eigenvalue weighted by molar-refractivity contribution is 0.304. The molecular weight excluding hydrogens is 561 g/mol. The fourth-order valence-corrected chi connectivity index (χ4v) is 5.34. The molecule has 0 amide bonds. The number of benzene rings is 3. The third kappa shape index (κ3) is 5.51. The molecule has 1 fully saturated rings. The van der Waals surface area contributed by atoms with Crippen LogP contribution >= 0.6 is 39.1 Å². The zero-order valence-corrected chi connectivity index (χ0v) is 22.6. The number of ether oxygens (including phenoxy) is 1. The van der Waals surface area contributed by atoms with Crippen LogP contribution < -0.4 is 10.3 Å². The summed E-state index contributed by atoms with van der Waals surface area (Å²) >= 11 is 15.7. The molecule has 0 aliphatic heterocycles. The maximum Gasteiger partial charge on any atom is 0.282 e. The van der Waals surface area contributed by atoms with Crippen molar-refractivity contribution in [2.75, 3.05) is 0 Å². The Balaban J connectivity index is 1.41. The molecule has 36 heavy (non-hydrogen) atoms. The summed E-state index contributed by atoms with van der Waals surface area (Å²) in [6.07, 6.45) is 7.26. The van der Waals surface area contributed by atoms with Crippen LogP contribution in [0, 0.1) is 0 Å². The third-order valence-corrected chi connectivity index (χ3v) is 7.76. The normalized spacial score (nSPS) is 14.5. The van der Waals surface area contributed by atoms with Crippen LogP contribution in [0.3, 0.4) is 0 Å². The number of fused-ring (bicyclic) bond motifs is 1. The van der Waals surface area contributed by atoms with E-state index in [4.69, 9.17) is 32.9 Å². The topological polar surface area (TPSA) is 56.5 Å². The molecule has 1 aliphatic rings. The number of aromatic nitrogens is 2. The van der Waals surface area contributed by atoms with E-state index in [9.17, 15) is 4.79 Å². The molecule has 184 valence electrons. The Labute approximate surface area is 227 Å². The van der Waals surface area contributed by atoms with Gasteiger partial charge in [0.25, 0.3) is 5.56 Å². The van der Waals surface area contributed by atoms with Gasteiger partial charge in [-0.1, -0.05) is 60.7 Å². The van der Waals surface area contributed by atoms with Gasteiger partial charge in [-0.3, -0.25) is 4.79 Å². The van der Waals surface area contributed by atoms with Gasteiger partial charge in [-0.15, -0.1) is 0 Å². The average Bonchev–Trinajstić information content (AvgIpc) is 2.90. The second kappa shape index (κ2) is 11.2. The molecule has 1 saturated carbocycles. The number of halogens is 3. The molecule has 1 aromatic heterocycles. The largest absolute Gasteiger partial charge is 0.488 e. The van der Waals surface area contributed by atoms with Gasteiger partial charge in [0.2, 0.25) is 0 Å². The van der Waals surface area contributed by atoms with E-state index in [-0.39, 0.29) is 11.5 Å². The maximum atomic E-state index is 13.4. The second-order valence-electron chi connectivity index (χ2n) is 8.91. The van der Waals surface area contributed by atoms with E-state index in [1.165, 1.54) is 11.1 Å². The number of hydrogen-bond donors (Lipinski definition) is 0. The summed E-state index contributed by atoms with van der Waals surface area (Å²) in [5.41, 5.74) is 2.33. The summed E-state index contributed by atoms with van der Waals surface area (Å²) < 4.78 is 8.21. The molecule has 0 bridgehead atoms. The molecule has 0 unspecified atom stereocenters. The smallest absolute Gasteiger partial charge is 0.282 e. The lowest BCUT2D eigenvalue weighted by Crippen LogP contribution is -2.25. The number of hydrogen-bond acceptors (Lipinski definition) is 4. The van der Waals surface area contributed by atoms with Crippen LogP contribution in [0.15, 0.2) is 75.0 Å². The average molecular weight is 585 g/mol. The van der Waals surface area contributed by atoms with Crippen LogP contribution in [0.2, 0.25) is 10.0 Å². The predicted molar refractivity (Wildman–Crippen MR) is 150 cm³/mol. The van der Waals surface area contributed by atoms with Crippen LogP contribution in [0.5, 0.6) is 5.75 Å². The molecular formula is C28H24BrCl2N3O2. The molecule has 0 N–H and O–H groups in total. The molecule has 0 spiro atoms. The van der Waals surface area contributed by atoms with Gasteiger partial charge in [-0.25, -0.2) is 4.98 Å². The van der Waals surface area contributed by atoms with E-state index < -0.39 is 0 Å². The number of rotatable bonds is 6. The van der Waals surface area contributed by atoms with Crippen molar-refractivity contribution in [1.29, 1.82) is 0 Å². The molecule has 5 nitrogen and oxygen atoms in total. The molecule has 0 atom stereocenters. The highest BCUT2D eigenvalue weighted by molar-refractivity contribution is 9.10. The molecule has 0 radical (unpaired) electrons. The van der Waals surface area contributed by atoms with Crippen LogP contribution in [0.1, 0.15) is 55.0 Å². The minimum absolute atomic E-state index is 0.141. The van der Waals surface area contributed by atoms with Gasteiger partial charge in [-0.2, -0.15) is 9.78 Å². The van der Waals surface area contributed by atoms with Gasteiger partial charge in [0.15, 0.2) is 0 Å². The van der Waals surface area contributed by atoms with E-state index in [1.807, 2.05) is 42.5 Å². The van der Waals surface area contributed by atoms with Crippen molar-refractivity contribution in [3.8, 4) is 5.75 Å². The predicted octanol–water partition coefficient (Wildman–Crippen LogP) is 7.97. The fraction of sp³-hybridized carbons (Fsp3) is 0.250. The van der Waals surface area contributed by atoms with Gasteiger partial charge in [0.1, 0.15) is 18.2 Å². The van der Waals surface area contributed by atoms with Crippen molar-refractivity contribution in [3.05, 3.63) is 102 Å². The maximum absolute atomic E-state index is 13.4. The highest BCUT2D eigenvalue weighted by atomic mass is 79.9.